The zero-order valence-electron chi connectivity index (χ0n) is 11.1. The van der Waals surface area contributed by atoms with E-state index in [2.05, 4.69) is 11.8 Å². The quantitative estimate of drug-likeness (QED) is 0.879. The monoisotopic (exact) mass is 254 g/mol. The molecule has 0 saturated carbocycles. The predicted molar refractivity (Wildman–Crippen MR) is 68.2 cm³/mol. The molecular weight excluding hydrogens is 234 g/mol. The highest BCUT2D eigenvalue weighted by Crippen LogP contribution is 2.29. The third-order valence-corrected chi connectivity index (χ3v) is 3.97. The molecule has 1 aromatic carbocycles. The van der Waals surface area contributed by atoms with Crippen LogP contribution in [0.15, 0.2) is 12.1 Å². The van der Waals surface area contributed by atoms with E-state index in [0.717, 1.165) is 13.1 Å². The van der Waals surface area contributed by atoms with Crippen molar-refractivity contribution < 1.29 is 8.78 Å². The molecule has 0 aromatic heterocycles. The van der Waals surface area contributed by atoms with Gasteiger partial charge < -0.3 is 5.73 Å². The van der Waals surface area contributed by atoms with E-state index in [9.17, 15) is 8.78 Å². The molecule has 2 rings (SSSR count). The van der Waals surface area contributed by atoms with Crippen molar-refractivity contribution >= 4 is 0 Å². The SMILES string of the molecule is Cc1cc(F)c(C(C)N2CC(C)C(N)C2)cc1F. The standard InChI is InChI=1S/C14H20F2N2/c1-8-4-13(16)11(5-12(8)15)10(3)18-6-9(2)14(17)7-18/h4-5,9-10,14H,6-7,17H2,1-3H3. The lowest BCUT2D eigenvalue weighted by Crippen LogP contribution is -2.30. The minimum atomic E-state index is -0.352. The number of hydrogen-bond donors (Lipinski definition) is 1. The molecule has 3 unspecified atom stereocenters. The van der Waals surface area contributed by atoms with Gasteiger partial charge in [0.2, 0.25) is 0 Å². The first-order valence-corrected chi connectivity index (χ1v) is 6.35. The first-order chi connectivity index (χ1) is 8.40. The topological polar surface area (TPSA) is 29.3 Å². The summed E-state index contributed by atoms with van der Waals surface area (Å²) in [6.07, 6.45) is 0. The van der Waals surface area contributed by atoms with Crippen LogP contribution in [-0.2, 0) is 0 Å². The number of benzene rings is 1. The van der Waals surface area contributed by atoms with Gasteiger partial charge in [0.25, 0.3) is 0 Å². The zero-order chi connectivity index (χ0) is 13.4. The van der Waals surface area contributed by atoms with Crippen LogP contribution in [-0.4, -0.2) is 24.0 Å². The van der Waals surface area contributed by atoms with Gasteiger partial charge in [-0.2, -0.15) is 0 Å². The largest absolute Gasteiger partial charge is 0.326 e. The van der Waals surface area contributed by atoms with Crippen molar-refractivity contribution in [2.75, 3.05) is 13.1 Å². The minimum absolute atomic E-state index is 0.116. The third-order valence-electron chi connectivity index (χ3n) is 3.97. The summed E-state index contributed by atoms with van der Waals surface area (Å²) in [6, 6.07) is 2.55. The van der Waals surface area contributed by atoms with Crippen molar-refractivity contribution in [1.29, 1.82) is 0 Å². The van der Waals surface area contributed by atoms with E-state index in [1.807, 2.05) is 6.92 Å². The summed E-state index contributed by atoms with van der Waals surface area (Å²) >= 11 is 0. The van der Waals surface area contributed by atoms with Gasteiger partial charge in [0.05, 0.1) is 0 Å². The lowest BCUT2D eigenvalue weighted by Gasteiger charge is -2.25. The highest BCUT2D eigenvalue weighted by Gasteiger charge is 2.31. The van der Waals surface area contributed by atoms with Crippen LogP contribution in [0.4, 0.5) is 8.78 Å². The van der Waals surface area contributed by atoms with Crippen molar-refractivity contribution in [3.8, 4) is 0 Å². The van der Waals surface area contributed by atoms with Crippen molar-refractivity contribution in [3.63, 3.8) is 0 Å². The maximum absolute atomic E-state index is 13.9. The Kier molecular flexibility index (Phi) is 3.69. The summed E-state index contributed by atoms with van der Waals surface area (Å²) in [5, 5.41) is 0. The van der Waals surface area contributed by atoms with Crippen molar-refractivity contribution in [2.45, 2.75) is 32.9 Å². The van der Waals surface area contributed by atoms with Gasteiger partial charge in [-0.25, -0.2) is 8.78 Å². The van der Waals surface area contributed by atoms with E-state index in [0.29, 0.717) is 17.0 Å². The van der Waals surface area contributed by atoms with Crippen molar-refractivity contribution in [1.82, 2.24) is 4.90 Å². The van der Waals surface area contributed by atoms with Gasteiger partial charge in [-0.05, 0) is 37.5 Å². The van der Waals surface area contributed by atoms with E-state index < -0.39 is 0 Å². The Balaban J connectivity index is 2.24. The highest BCUT2D eigenvalue weighted by molar-refractivity contribution is 5.27. The number of rotatable bonds is 2. The van der Waals surface area contributed by atoms with E-state index >= 15 is 0 Å². The maximum atomic E-state index is 13.9. The molecule has 100 valence electrons. The van der Waals surface area contributed by atoms with Crippen LogP contribution in [0.5, 0.6) is 0 Å². The molecule has 1 heterocycles. The maximum Gasteiger partial charge on any atom is 0.128 e. The highest BCUT2D eigenvalue weighted by atomic mass is 19.1. The van der Waals surface area contributed by atoms with Gasteiger partial charge in [0.1, 0.15) is 11.6 Å². The van der Waals surface area contributed by atoms with Crippen LogP contribution in [0.2, 0.25) is 0 Å². The minimum Gasteiger partial charge on any atom is -0.326 e. The molecule has 18 heavy (non-hydrogen) atoms. The molecule has 1 fully saturated rings. The number of hydrogen-bond acceptors (Lipinski definition) is 2. The number of likely N-dealkylation sites (tertiary alicyclic amines) is 1. The Morgan fingerprint density at radius 1 is 1.28 bits per heavy atom. The summed E-state index contributed by atoms with van der Waals surface area (Å²) in [7, 11) is 0. The molecule has 3 atom stereocenters. The van der Waals surface area contributed by atoms with Gasteiger partial charge in [0, 0.05) is 30.7 Å². The normalized spacial score (nSPS) is 26.6. The van der Waals surface area contributed by atoms with Crippen molar-refractivity contribution in [3.05, 3.63) is 34.9 Å². The Morgan fingerprint density at radius 2 is 1.94 bits per heavy atom. The predicted octanol–water partition coefficient (Wildman–Crippen LogP) is 2.61. The molecular formula is C14H20F2N2. The molecule has 1 saturated heterocycles. The summed E-state index contributed by atoms with van der Waals surface area (Å²) in [5.41, 5.74) is 6.73. The van der Waals surface area contributed by atoms with E-state index in [4.69, 9.17) is 5.73 Å². The van der Waals surface area contributed by atoms with Gasteiger partial charge in [-0.3, -0.25) is 4.90 Å². The molecule has 0 radical (unpaired) electrons. The molecule has 2 nitrogen and oxygen atoms in total. The Morgan fingerprint density at radius 3 is 2.50 bits per heavy atom. The van der Waals surface area contributed by atoms with Crippen LogP contribution < -0.4 is 5.73 Å². The van der Waals surface area contributed by atoms with Crippen LogP contribution >= 0.6 is 0 Å². The summed E-state index contributed by atoms with van der Waals surface area (Å²) < 4.78 is 27.5. The first kappa shape index (κ1) is 13.4. The second kappa shape index (κ2) is 4.94. The van der Waals surface area contributed by atoms with Crippen LogP contribution in [0.1, 0.15) is 31.0 Å². The second-order valence-corrected chi connectivity index (χ2v) is 5.39. The lowest BCUT2D eigenvalue weighted by atomic mass is 10.0. The average Bonchev–Trinajstić information content (AvgIpc) is 2.63. The summed E-state index contributed by atoms with van der Waals surface area (Å²) in [6.45, 7) is 7.12. The van der Waals surface area contributed by atoms with Gasteiger partial charge in [-0.1, -0.05) is 6.92 Å². The average molecular weight is 254 g/mol. The van der Waals surface area contributed by atoms with E-state index in [1.54, 1.807) is 6.92 Å². The molecule has 0 amide bonds. The first-order valence-electron chi connectivity index (χ1n) is 6.35. The Hall–Kier alpha value is -1.00. The molecule has 0 aliphatic carbocycles. The fourth-order valence-corrected chi connectivity index (χ4v) is 2.53. The van der Waals surface area contributed by atoms with Gasteiger partial charge in [0.15, 0.2) is 0 Å². The molecule has 1 aliphatic heterocycles. The Labute approximate surface area is 107 Å². The molecule has 4 heteroatoms. The van der Waals surface area contributed by atoms with Crippen molar-refractivity contribution in [2.24, 2.45) is 11.7 Å². The number of nitrogens with zero attached hydrogens (tertiary/aromatic N) is 1. The number of halogens is 2. The fraction of sp³-hybridized carbons (Fsp3) is 0.571. The summed E-state index contributed by atoms with van der Waals surface area (Å²) in [4.78, 5) is 2.11. The second-order valence-electron chi connectivity index (χ2n) is 5.39. The number of aryl methyl sites for hydroxylation is 1. The smallest absolute Gasteiger partial charge is 0.128 e. The third kappa shape index (κ3) is 2.40. The van der Waals surface area contributed by atoms with Crippen LogP contribution in [0, 0.1) is 24.5 Å². The van der Waals surface area contributed by atoms with Crippen LogP contribution in [0.3, 0.4) is 0 Å². The van der Waals surface area contributed by atoms with Gasteiger partial charge in [-0.15, -0.1) is 0 Å². The zero-order valence-corrected chi connectivity index (χ0v) is 11.1. The van der Waals surface area contributed by atoms with Crippen LogP contribution in [0.25, 0.3) is 0 Å². The Bertz CT molecular complexity index is 438. The molecule has 1 aliphatic rings. The number of nitrogens with two attached hydrogens (primary N) is 1. The fourth-order valence-electron chi connectivity index (χ4n) is 2.53. The van der Waals surface area contributed by atoms with E-state index in [-0.39, 0.29) is 23.7 Å². The molecule has 1 aromatic rings. The van der Waals surface area contributed by atoms with E-state index in [1.165, 1.54) is 12.1 Å². The van der Waals surface area contributed by atoms with Gasteiger partial charge >= 0.3 is 0 Å². The molecule has 0 spiro atoms. The molecule has 0 bridgehead atoms. The lowest BCUT2D eigenvalue weighted by molar-refractivity contribution is 0.248. The summed E-state index contributed by atoms with van der Waals surface area (Å²) in [5.74, 6) is -0.296. The molecule has 2 N–H and O–H groups in total.